The van der Waals surface area contributed by atoms with E-state index >= 15 is 0 Å². The van der Waals surface area contributed by atoms with Gasteiger partial charge in [0.1, 0.15) is 11.9 Å². The summed E-state index contributed by atoms with van der Waals surface area (Å²) in [4.78, 5) is 16.5. The third-order valence-electron chi connectivity index (χ3n) is 2.85. The number of thiophene rings is 1. The molecule has 114 valence electrons. The first kappa shape index (κ1) is 15.8. The van der Waals surface area contributed by atoms with Crippen LogP contribution < -0.4 is 10.6 Å². The van der Waals surface area contributed by atoms with Gasteiger partial charge in [-0.25, -0.2) is 9.78 Å². The fraction of sp³-hybridized carbons (Fsp3) is 0.385. The number of hydrogen-bond acceptors (Lipinski definition) is 5. The Labute approximate surface area is 131 Å². The highest BCUT2D eigenvalue weighted by atomic mass is 35.5. The number of carbonyl (C=O) groups is 1. The van der Waals surface area contributed by atoms with Gasteiger partial charge in [0, 0.05) is 4.88 Å². The fourth-order valence-electron chi connectivity index (χ4n) is 1.63. The Kier molecular flexibility index (Phi) is 5.22. The maximum atomic E-state index is 11.6. The van der Waals surface area contributed by atoms with Crippen molar-refractivity contribution in [3.63, 3.8) is 0 Å². The number of carbonyl (C=O) groups excluding carboxylic acids is 1. The van der Waals surface area contributed by atoms with Crippen LogP contribution in [0.4, 0.5) is 4.79 Å². The van der Waals surface area contributed by atoms with E-state index in [9.17, 15) is 9.90 Å². The molecule has 3 N–H and O–H groups in total. The molecule has 0 spiro atoms. The number of rotatable bonds is 5. The van der Waals surface area contributed by atoms with Gasteiger partial charge in [0.05, 0.1) is 23.1 Å². The Hall–Kier alpha value is -1.57. The monoisotopic (exact) mass is 329 g/mol. The number of aliphatic hydroxyl groups excluding tert-OH is 1. The van der Waals surface area contributed by atoms with E-state index in [4.69, 9.17) is 16.0 Å². The van der Waals surface area contributed by atoms with E-state index in [1.165, 1.54) is 11.3 Å². The van der Waals surface area contributed by atoms with Gasteiger partial charge < -0.3 is 20.2 Å². The van der Waals surface area contributed by atoms with E-state index in [-0.39, 0.29) is 13.1 Å². The lowest BCUT2D eigenvalue weighted by Crippen LogP contribution is -2.37. The lowest BCUT2D eigenvalue weighted by atomic mass is 10.3. The Balaban J connectivity index is 1.74. The maximum Gasteiger partial charge on any atom is 0.315 e. The number of hydrogen-bond donors (Lipinski definition) is 3. The van der Waals surface area contributed by atoms with Crippen LogP contribution in [0.1, 0.15) is 28.3 Å². The van der Waals surface area contributed by atoms with Crippen LogP contribution in [0.25, 0.3) is 0 Å². The highest BCUT2D eigenvalue weighted by Gasteiger charge is 2.12. The second kappa shape index (κ2) is 6.93. The van der Waals surface area contributed by atoms with Crippen LogP contribution in [-0.4, -0.2) is 22.7 Å². The summed E-state index contributed by atoms with van der Waals surface area (Å²) < 4.78 is 5.95. The molecule has 0 fully saturated rings. The minimum atomic E-state index is -0.778. The molecule has 8 heteroatoms. The molecule has 2 heterocycles. The third-order valence-corrected chi connectivity index (χ3v) is 4.18. The quantitative estimate of drug-likeness (QED) is 0.786. The van der Waals surface area contributed by atoms with Gasteiger partial charge in [-0.2, -0.15) is 0 Å². The molecule has 0 saturated carbocycles. The smallest absolute Gasteiger partial charge is 0.315 e. The van der Waals surface area contributed by atoms with E-state index in [1.807, 2.05) is 13.8 Å². The van der Waals surface area contributed by atoms with Gasteiger partial charge in [0.15, 0.2) is 0 Å². The fourth-order valence-corrected chi connectivity index (χ4v) is 2.68. The van der Waals surface area contributed by atoms with Crippen molar-refractivity contribution >= 4 is 29.0 Å². The molecule has 6 nitrogen and oxygen atoms in total. The molecule has 0 aliphatic carbocycles. The lowest BCUT2D eigenvalue weighted by molar-refractivity contribution is 0.176. The van der Waals surface area contributed by atoms with E-state index in [1.54, 1.807) is 12.1 Å². The standard InChI is InChI=1S/C13H16ClN3O3S/c1-7-8(2)20-12(17-7)6-16-13(19)15-5-9(18)10-3-4-11(14)21-10/h3-4,9,18H,5-6H2,1-2H3,(H2,15,16,19). The average molecular weight is 330 g/mol. The number of oxazole rings is 1. The number of aliphatic hydroxyl groups is 1. The van der Waals surface area contributed by atoms with Crippen LogP contribution in [0, 0.1) is 13.8 Å². The molecule has 0 radical (unpaired) electrons. The maximum absolute atomic E-state index is 11.6. The second-order valence-electron chi connectivity index (χ2n) is 4.47. The number of amides is 2. The number of aromatic nitrogens is 1. The minimum Gasteiger partial charge on any atom is -0.444 e. The van der Waals surface area contributed by atoms with Gasteiger partial charge in [-0.05, 0) is 26.0 Å². The summed E-state index contributed by atoms with van der Waals surface area (Å²) in [5, 5.41) is 15.1. The average Bonchev–Trinajstić information content (AvgIpc) is 3.00. The van der Waals surface area contributed by atoms with Gasteiger partial charge >= 0.3 is 6.03 Å². The zero-order valence-electron chi connectivity index (χ0n) is 11.6. The molecule has 0 aliphatic rings. The number of aryl methyl sites for hydroxylation is 2. The molecule has 0 saturated heterocycles. The molecule has 1 unspecified atom stereocenters. The summed E-state index contributed by atoms with van der Waals surface area (Å²) in [7, 11) is 0. The van der Waals surface area contributed by atoms with Gasteiger partial charge in [-0.1, -0.05) is 11.6 Å². The van der Waals surface area contributed by atoms with Crippen molar-refractivity contribution in [2.75, 3.05) is 6.54 Å². The van der Waals surface area contributed by atoms with Crippen LogP contribution in [0.2, 0.25) is 4.34 Å². The van der Waals surface area contributed by atoms with Gasteiger partial charge in [0.25, 0.3) is 0 Å². The molecule has 21 heavy (non-hydrogen) atoms. The zero-order valence-corrected chi connectivity index (χ0v) is 13.2. The summed E-state index contributed by atoms with van der Waals surface area (Å²) in [5.41, 5.74) is 0.803. The van der Waals surface area contributed by atoms with Crippen molar-refractivity contribution in [1.82, 2.24) is 15.6 Å². The van der Waals surface area contributed by atoms with E-state index < -0.39 is 12.1 Å². The molecule has 2 aromatic rings. The van der Waals surface area contributed by atoms with Gasteiger partial charge in [-0.15, -0.1) is 11.3 Å². The molecule has 0 bridgehead atoms. The topological polar surface area (TPSA) is 87.4 Å². The number of nitrogens with zero attached hydrogens (tertiary/aromatic N) is 1. The van der Waals surface area contributed by atoms with Gasteiger partial charge in [0.2, 0.25) is 5.89 Å². The van der Waals surface area contributed by atoms with Crippen molar-refractivity contribution in [3.05, 3.63) is 38.7 Å². The van der Waals surface area contributed by atoms with E-state index in [0.717, 1.165) is 11.5 Å². The Morgan fingerprint density at radius 1 is 1.48 bits per heavy atom. The van der Waals surface area contributed by atoms with Gasteiger partial charge in [-0.3, -0.25) is 0 Å². The van der Waals surface area contributed by atoms with Crippen LogP contribution in [0.5, 0.6) is 0 Å². The highest BCUT2D eigenvalue weighted by molar-refractivity contribution is 7.16. The number of urea groups is 1. The Morgan fingerprint density at radius 3 is 2.81 bits per heavy atom. The first-order valence-corrected chi connectivity index (χ1v) is 7.53. The predicted octanol–water partition coefficient (Wildman–Crippen LogP) is 2.54. The van der Waals surface area contributed by atoms with Crippen molar-refractivity contribution in [2.45, 2.75) is 26.5 Å². The van der Waals surface area contributed by atoms with Crippen LogP contribution in [0.3, 0.4) is 0 Å². The SMILES string of the molecule is Cc1nc(CNC(=O)NCC(O)c2ccc(Cl)s2)oc1C. The zero-order chi connectivity index (χ0) is 15.4. The summed E-state index contributed by atoms with van der Waals surface area (Å²) in [6.07, 6.45) is -0.778. The molecule has 1 atom stereocenters. The summed E-state index contributed by atoms with van der Waals surface area (Å²) >= 11 is 7.07. The molecular formula is C13H16ClN3O3S. The number of nitrogens with one attached hydrogen (secondary N) is 2. The molecular weight excluding hydrogens is 314 g/mol. The Bertz CT molecular complexity index is 606. The molecule has 0 aliphatic heterocycles. The number of halogens is 1. The summed E-state index contributed by atoms with van der Waals surface area (Å²) in [5.74, 6) is 1.18. The molecule has 2 rings (SSSR count). The second-order valence-corrected chi connectivity index (χ2v) is 6.22. The van der Waals surface area contributed by atoms with Crippen molar-refractivity contribution in [3.8, 4) is 0 Å². The normalized spacial score (nSPS) is 12.2. The largest absolute Gasteiger partial charge is 0.444 e. The molecule has 2 aromatic heterocycles. The van der Waals surface area contributed by atoms with Crippen molar-refractivity contribution in [1.29, 1.82) is 0 Å². The van der Waals surface area contributed by atoms with Crippen LogP contribution >= 0.6 is 22.9 Å². The first-order chi connectivity index (χ1) is 9.95. The van der Waals surface area contributed by atoms with Crippen molar-refractivity contribution < 1.29 is 14.3 Å². The third kappa shape index (κ3) is 4.45. The lowest BCUT2D eigenvalue weighted by Gasteiger charge is -2.10. The van der Waals surface area contributed by atoms with Crippen LogP contribution in [-0.2, 0) is 6.54 Å². The predicted molar refractivity (Wildman–Crippen MR) is 80.5 cm³/mol. The minimum absolute atomic E-state index is 0.103. The molecule has 2 amide bonds. The van der Waals surface area contributed by atoms with E-state index in [0.29, 0.717) is 15.1 Å². The summed E-state index contributed by atoms with van der Waals surface area (Å²) in [6.45, 7) is 3.95. The van der Waals surface area contributed by atoms with E-state index in [2.05, 4.69) is 15.6 Å². The highest BCUT2D eigenvalue weighted by Crippen LogP contribution is 2.26. The van der Waals surface area contributed by atoms with Crippen LogP contribution in [0.15, 0.2) is 16.5 Å². The van der Waals surface area contributed by atoms with Crippen molar-refractivity contribution in [2.24, 2.45) is 0 Å². The summed E-state index contributed by atoms with van der Waals surface area (Å²) in [6, 6.07) is 3.04. The molecule has 0 aromatic carbocycles. The first-order valence-electron chi connectivity index (χ1n) is 6.33. The Morgan fingerprint density at radius 2 is 2.24 bits per heavy atom.